The minimum absolute atomic E-state index is 0.0186. The Balaban J connectivity index is 1.88. The molecule has 0 aliphatic carbocycles. The van der Waals surface area contributed by atoms with Crippen LogP contribution in [-0.2, 0) is 4.74 Å². The Bertz CT molecular complexity index is 535. The predicted octanol–water partition coefficient (Wildman–Crippen LogP) is 1.83. The molecule has 0 radical (unpaired) electrons. The largest absolute Gasteiger partial charge is 0.378 e. The quantitative estimate of drug-likeness (QED) is 0.844. The summed E-state index contributed by atoms with van der Waals surface area (Å²) in [7, 11) is 0. The average Bonchev–Trinajstić information content (AvgIpc) is 2.47. The molecule has 2 unspecified atom stereocenters. The van der Waals surface area contributed by atoms with E-state index in [0.717, 1.165) is 18.7 Å². The fourth-order valence-corrected chi connectivity index (χ4v) is 2.46. The van der Waals surface area contributed by atoms with Crippen LogP contribution < -0.4 is 11.1 Å². The Labute approximate surface area is 107 Å². The van der Waals surface area contributed by atoms with Crippen LogP contribution in [0.4, 0.5) is 0 Å². The van der Waals surface area contributed by atoms with Crippen molar-refractivity contribution in [1.82, 2.24) is 5.32 Å². The van der Waals surface area contributed by atoms with E-state index >= 15 is 0 Å². The summed E-state index contributed by atoms with van der Waals surface area (Å²) in [4.78, 5) is 0. The Hall–Kier alpha value is -1.42. The van der Waals surface area contributed by atoms with Crippen LogP contribution in [0.15, 0.2) is 42.5 Å². The Morgan fingerprint density at radius 2 is 2.00 bits per heavy atom. The fourth-order valence-electron chi connectivity index (χ4n) is 2.46. The summed E-state index contributed by atoms with van der Waals surface area (Å²) < 4.78 is 5.47. The molecule has 1 fully saturated rings. The van der Waals surface area contributed by atoms with Crippen LogP contribution in [0, 0.1) is 0 Å². The molecule has 0 saturated carbocycles. The summed E-state index contributed by atoms with van der Waals surface area (Å²) in [6.45, 7) is 2.35. The molecule has 0 spiro atoms. The van der Waals surface area contributed by atoms with E-state index in [9.17, 15) is 0 Å². The van der Waals surface area contributed by atoms with Gasteiger partial charge in [-0.15, -0.1) is 0 Å². The van der Waals surface area contributed by atoms with Gasteiger partial charge in [-0.05, 0) is 22.4 Å². The number of hydrogen-bond acceptors (Lipinski definition) is 3. The monoisotopic (exact) mass is 242 g/mol. The minimum Gasteiger partial charge on any atom is -0.378 e. The van der Waals surface area contributed by atoms with E-state index < -0.39 is 0 Å². The molecule has 0 aromatic heterocycles. The van der Waals surface area contributed by atoms with Crippen LogP contribution in [0.25, 0.3) is 10.8 Å². The van der Waals surface area contributed by atoms with Crippen LogP contribution in [0.5, 0.6) is 0 Å². The standard InChI is InChI=1S/C15H18N2O/c16-15(14-10-18-8-7-17-14)13-6-5-11-3-1-2-4-12(11)9-13/h1-6,9,14-15,17H,7-8,10,16H2. The van der Waals surface area contributed by atoms with E-state index in [2.05, 4.69) is 47.8 Å². The first-order valence-electron chi connectivity index (χ1n) is 6.40. The highest BCUT2D eigenvalue weighted by atomic mass is 16.5. The summed E-state index contributed by atoms with van der Waals surface area (Å²) in [5.74, 6) is 0. The van der Waals surface area contributed by atoms with Crippen molar-refractivity contribution in [2.45, 2.75) is 12.1 Å². The molecule has 0 bridgehead atoms. The first-order valence-corrected chi connectivity index (χ1v) is 6.40. The molecule has 2 aromatic carbocycles. The van der Waals surface area contributed by atoms with Gasteiger partial charge in [0, 0.05) is 18.6 Å². The van der Waals surface area contributed by atoms with Gasteiger partial charge in [-0.1, -0.05) is 36.4 Å². The molecule has 3 N–H and O–H groups in total. The van der Waals surface area contributed by atoms with Gasteiger partial charge in [0.2, 0.25) is 0 Å². The smallest absolute Gasteiger partial charge is 0.0638 e. The molecule has 3 heteroatoms. The number of benzene rings is 2. The molecule has 94 valence electrons. The zero-order valence-electron chi connectivity index (χ0n) is 10.3. The number of nitrogens with two attached hydrogens (primary N) is 1. The molecule has 18 heavy (non-hydrogen) atoms. The van der Waals surface area contributed by atoms with Crippen molar-refractivity contribution in [3.63, 3.8) is 0 Å². The first-order chi connectivity index (χ1) is 8.84. The van der Waals surface area contributed by atoms with Gasteiger partial charge in [0.05, 0.1) is 13.2 Å². The van der Waals surface area contributed by atoms with Gasteiger partial charge in [-0.3, -0.25) is 0 Å². The highest BCUT2D eigenvalue weighted by molar-refractivity contribution is 5.83. The van der Waals surface area contributed by atoms with Crippen LogP contribution in [-0.4, -0.2) is 25.8 Å². The SMILES string of the molecule is NC(c1ccc2ccccc2c1)C1COCCN1. The van der Waals surface area contributed by atoms with Gasteiger partial charge in [0.15, 0.2) is 0 Å². The summed E-state index contributed by atoms with van der Waals surface area (Å²) in [5, 5.41) is 5.90. The summed E-state index contributed by atoms with van der Waals surface area (Å²) in [5.41, 5.74) is 7.48. The first kappa shape index (κ1) is 11.7. The molecule has 1 aliphatic heterocycles. The van der Waals surface area contributed by atoms with Crippen LogP contribution in [0.1, 0.15) is 11.6 Å². The van der Waals surface area contributed by atoms with E-state index in [1.165, 1.54) is 10.8 Å². The van der Waals surface area contributed by atoms with Crippen molar-refractivity contribution < 1.29 is 4.74 Å². The third-order valence-corrected chi connectivity index (χ3v) is 3.54. The summed E-state index contributed by atoms with van der Waals surface area (Å²) in [6.07, 6.45) is 0. The Morgan fingerprint density at radius 3 is 2.78 bits per heavy atom. The minimum atomic E-state index is -0.0186. The second kappa shape index (κ2) is 5.06. The highest BCUT2D eigenvalue weighted by Crippen LogP contribution is 2.21. The maximum Gasteiger partial charge on any atom is 0.0638 e. The highest BCUT2D eigenvalue weighted by Gasteiger charge is 2.21. The van der Waals surface area contributed by atoms with Crippen LogP contribution in [0.2, 0.25) is 0 Å². The van der Waals surface area contributed by atoms with Gasteiger partial charge < -0.3 is 15.8 Å². The molecule has 3 rings (SSSR count). The van der Waals surface area contributed by atoms with Crippen molar-refractivity contribution >= 4 is 10.8 Å². The molecule has 1 saturated heterocycles. The molecule has 3 nitrogen and oxygen atoms in total. The second-order valence-corrected chi connectivity index (χ2v) is 4.77. The Morgan fingerprint density at radius 1 is 1.17 bits per heavy atom. The maximum atomic E-state index is 6.32. The number of rotatable bonds is 2. The fraction of sp³-hybridized carbons (Fsp3) is 0.333. The zero-order valence-corrected chi connectivity index (χ0v) is 10.3. The van der Waals surface area contributed by atoms with Crippen molar-refractivity contribution in [3.05, 3.63) is 48.0 Å². The van der Waals surface area contributed by atoms with Gasteiger partial charge in [0.25, 0.3) is 0 Å². The molecule has 2 atom stereocenters. The number of nitrogens with one attached hydrogen (secondary N) is 1. The van der Waals surface area contributed by atoms with Gasteiger partial charge in [-0.2, -0.15) is 0 Å². The Kier molecular flexibility index (Phi) is 3.28. The lowest BCUT2D eigenvalue weighted by Crippen LogP contribution is -2.47. The summed E-state index contributed by atoms with van der Waals surface area (Å²) in [6, 6.07) is 15.0. The van der Waals surface area contributed by atoms with E-state index in [0.29, 0.717) is 6.61 Å². The van der Waals surface area contributed by atoms with Gasteiger partial charge in [-0.25, -0.2) is 0 Å². The lowest BCUT2D eigenvalue weighted by Gasteiger charge is -2.29. The third kappa shape index (κ3) is 2.25. The molecule has 0 amide bonds. The molecule has 2 aromatic rings. The lowest BCUT2D eigenvalue weighted by atomic mass is 9.97. The normalized spacial score (nSPS) is 21.9. The van der Waals surface area contributed by atoms with Crippen molar-refractivity contribution in [3.8, 4) is 0 Å². The van der Waals surface area contributed by atoms with Crippen molar-refractivity contribution in [2.24, 2.45) is 5.73 Å². The molecular weight excluding hydrogens is 224 g/mol. The number of ether oxygens (including phenoxy) is 1. The second-order valence-electron chi connectivity index (χ2n) is 4.77. The van der Waals surface area contributed by atoms with E-state index in [4.69, 9.17) is 10.5 Å². The van der Waals surface area contributed by atoms with Crippen molar-refractivity contribution in [1.29, 1.82) is 0 Å². The van der Waals surface area contributed by atoms with E-state index in [1.54, 1.807) is 0 Å². The maximum absolute atomic E-state index is 6.32. The number of fused-ring (bicyclic) bond motifs is 1. The average molecular weight is 242 g/mol. The topological polar surface area (TPSA) is 47.3 Å². The van der Waals surface area contributed by atoms with E-state index in [-0.39, 0.29) is 12.1 Å². The number of hydrogen-bond donors (Lipinski definition) is 2. The zero-order chi connectivity index (χ0) is 12.4. The van der Waals surface area contributed by atoms with Gasteiger partial charge >= 0.3 is 0 Å². The molecule has 1 heterocycles. The van der Waals surface area contributed by atoms with Crippen molar-refractivity contribution in [2.75, 3.05) is 19.8 Å². The summed E-state index contributed by atoms with van der Waals surface area (Å²) >= 11 is 0. The van der Waals surface area contributed by atoms with Crippen LogP contribution in [0.3, 0.4) is 0 Å². The third-order valence-electron chi connectivity index (χ3n) is 3.54. The molecule has 1 aliphatic rings. The molecular formula is C15H18N2O. The number of morpholine rings is 1. The lowest BCUT2D eigenvalue weighted by molar-refractivity contribution is 0.0685. The van der Waals surface area contributed by atoms with E-state index in [1.807, 2.05) is 0 Å². The van der Waals surface area contributed by atoms with Crippen LogP contribution >= 0.6 is 0 Å². The van der Waals surface area contributed by atoms with Gasteiger partial charge in [0.1, 0.15) is 0 Å². The predicted molar refractivity (Wildman–Crippen MR) is 73.5 cm³/mol.